The van der Waals surface area contributed by atoms with Gasteiger partial charge in [0, 0.05) is 12.6 Å². The Labute approximate surface area is 112 Å². The minimum Gasteiger partial charge on any atom is -0.508 e. The summed E-state index contributed by atoms with van der Waals surface area (Å²) in [5, 5.41) is 15.1. The van der Waals surface area contributed by atoms with Gasteiger partial charge in [-0.25, -0.2) is 4.39 Å². The van der Waals surface area contributed by atoms with Crippen LogP contribution >= 0.6 is 0 Å². The van der Waals surface area contributed by atoms with Crippen molar-refractivity contribution in [2.45, 2.75) is 19.3 Å². The minimum atomic E-state index is -0.697. The zero-order chi connectivity index (χ0) is 13.7. The summed E-state index contributed by atoms with van der Waals surface area (Å²) in [5.74, 6) is -0.723. The molecule has 1 heterocycles. The van der Waals surface area contributed by atoms with Gasteiger partial charge in [0.15, 0.2) is 0 Å². The number of rotatable bonds is 4. The van der Waals surface area contributed by atoms with Crippen LogP contribution in [0.4, 0.5) is 4.39 Å². The molecule has 1 fully saturated rings. The topological polar surface area (TPSA) is 61.4 Å². The predicted molar refractivity (Wildman–Crippen MR) is 70.6 cm³/mol. The maximum atomic E-state index is 13.5. The van der Waals surface area contributed by atoms with Gasteiger partial charge in [-0.2, -0.15) is 0 Å². The van der Waals surface area contributed by atoms with Crippen LogP contribution in [-0.2, 0) is 0 Å². The maximum absolute atomic E-state index is 13.5. The molecule has 1 aromatic carbocycles. The van der Waals surface area contributed by atoms with Gasteiger partial charge in [0.25, 0.3) is 5.91 Å². The smallest absolute Gasteiger partial charge is 0.254 e. The lowest BCUT2D eigenvalue weighted by molar-refractivity contribution is 0.0946. The van der Waals surface area contributed by atoms with E-state index >= 15 is 0 Å². The highest BCUT2D eigenvalue weighted by Crippen LogP contribution is 2.15. The van der Waals surface area contributed by atoms with E-state index in [4.69, 9.17) is 5.11 Å². The Kier molecular flexibility index (Phi) is 4.74. The van der Waals surface area contributed by atoms with Crippen LogP contribution in [0.5, 0.6) is 5.75 Å². The Morgan fingerprint density at radius 1 is 1.53 bits per heavy atom. The molecule has 3 N–H and O–H groups in total. The molecule has 104 valence electrons. The van der Waals surface area contributed by atoms with Crippen LogP contribution in [0.25, 0.3) is 0 Å². The number of halogens is 1. The summed E-state index contributed by atoms with van der Waals surface area (Å²) in [5.41, 5.74) is -0.0282. The van der Waals surface area contributed by atoms with Crippen LogP contribution in [0.2, 0.25) is 0 Å². The van der Waals surface area contributed by atoms with Crippen molar-refractivity contribution in [3.8, 4) is 5.75 Å². The van der Waals surface area contributed by atoms with Crippen molar-refractivity contribution in [1.29, 1.82) is 0 Å². The number of phenols is 1. The Morgan fingerprint density at radius 2 is 2.37 bits per heavy atom. The molecule has 1 aromatic rings. The third-order valence-corrected chi connectivity index (χ3v) is 3.43. The van der Waals surface area contributed by atoms with Gasteiger partial charge in [0.1, 0.15) is 11.6 Å². The number of piperidine rings is 1. The number of phenolic OH excluding ortho intramolecular Hbond substituents is 1. The van der Waals surface area contributed by atoms with Gasteiger partial charge >= 0.3 is 0 Å². The molecule has 19 heavy (non-hydrogen) atoms. The lowest BCUT2D eigenvalue weighted by atomic mass is 9.96. The third-order valence-electron chi connectivity index (χ3n) is 3.43. The molecule has 5 heteroatoms. The third kappa shape index (κ3) is 3.92. The highest BCUT2D eigenvalue weighted by atomic mass is 19.1. The van der Waals surface area contributed by atoms with E-state index in [1.54, 1.807) is 0 Å². The molecule has 1 atom stereocenters. The van der Waals surface area contributed by atoms with Crippen molar-refractivity contribution in [3.63, 3.8) is 0 Å². The first-order valence-electron chi connectivity index (χ1n) is 6.64. The summed E-state index contributed by atoms with van der Waals surface area (Å²) in [6.07, 6.45) is 3.25. The Bertz CT molecular complexity index is 445. The fourth-order valence-corrected chi connectivity index (χ4v) is 2.34. The fourth-order valence-electron chi connectivity index (χ4n) is 2.34. The van der Waals surface area contributed by atoms with Gasteiger partial charge in [-0.15, -0.1) is 0 Å². The average molecular weight is 266 g/mol. The van der Waals surface area contributed by atoms with Gasteiger partial charge < -0.3 is 15.7 Å². The van der Waals surface area contributed by atoms with Crippen molar-refractivity contribution >= 4 is 5.91 Å². The van der Waals surface area contributed by atoms with E-state index in [0.29, 0.717) is 12.5 Å². The van der Waals surface area contributed by atoms with Gasteiger partial charge in [0.05, 0.1) is 5.56 Å². The number of nitrogens with one attached hydrogen (secondary N) is 2. The van der Waals surface area contributed by atoms with E-state index < -0.39 is 11.7 Å². The standard InChI is InChI=1S/C14H19FN2O2/c15-13-8-11(18)3-4-12(13)14(19)17-7-5-10-2-1-6-16-9-10/h3-4,8,10,16,18H,1-2,5-7,9H2,(H,17,19). The second-order valence-corrected chi connectivity index (χ2v) is 4.92. The van der Waals surface area contributed by atoms with Crippen molar-refractivity contribution in [3.05, 3.63) is 29.6 Å². The predicted octanol–water partition coefficient (Wildman–Crippen LogP) is 1.65. The summed E-state index contributed by atoms with van der Waals surface area (Å²) in [7, 11) is 0. The second-order valence-electron chi connectivity index (χ2n) is 4.92. The number of carbonyl (C=O) groups excluding carboxylic acids is 1. The van der Waals surface area contributed by atoms with E-state index in [2.05, 4.69) is 10.6 Å². The van der Waals surface area contributed by atoms with Crippen LogP contribution in [0, 0.1) is 11.7 Å². The molecule has 1 aliphatic heterocycles. The van der Waals surface area contributed by atoms with Gasteiger partial charge in [-0.3, -0.25) is 4.79 Å². The molecule has 1 amide bonds. The molecular weight excluding hydrogens is 247 g/mol. The Balaban J connectivity index is 1.80. The zero-order valence-electron chi connectivity index (χ0n) is 10.8. The van der Waals surface area contributed by atoms with E-state index in [1.807, 2.05) is 0 Å². The normalized spacial score (nSPS) is 19.1. The molecule has 0 aromatic heterocycles. The minimum absolute atomic E-state index is 0.0282. The summed E-state index contributed by atoms with van der Waals surface area (Å²) in [6, 6.07) is 3.55. The Morgan fingerprint density at radius 3 is 3.05 bits per heavy atom. The van der Waals surface area contributed by atoms with Gasteiger partial charge in [-0.1, -0.05) is 0 Å². The maximum Gasteiger partial charge on any atom is 0.254 e. The van der Waals surface area contributed by atoms with Gasteiger partial charge in [-0.05, 0) is 50.4 Å². The van der Waals surface area contributed by atoms with E-state index in [-0.39, 0.29) is 11.3 Å². The molecule has 1 aliphatic rings. The van der Waals surface area contributed by atoms with Crippen molar-refractivity contribution in [1.82, 2.24) is 10.6 Å². The molecule has 1 unspecified atom stereocenters. The zero-order valence-corrected chi connectivity index (χ0v) is 10.8. The summed E-state index contributed by atoms with van der Waals surface area (Å²) in [4.78, 5) is 11.8. The monoisotopic (exact) mass is 266 g/mol. The first-order valence-corrected chi connectivity index (χ1v) is 6.64. The summed E-state index contributed by atoms with van der Waals surface area (Å²) in [6.45, 7) is 2.61. The number of aromatic hydroxyl groups is 1. The molecule has 0 aliphatic carbocycles. The molecule has 0 radical (unpaired) electrons. The van der Waals surface area contributed by atoms with Crippen LogP contribution in [0.3, 0.4) is 0 Å². The number of carbonyl (C=O) groups is 1. The summed E-state index contributed by atoms with van der Waals surface area (Å²) < 4.78 is 13.5. The molecule has 0 bridgehead atoms. The lowest BCUT2D eigenvalue weighted by Gasteiger charge is -2.22. The first kappa shape index (κ1) is 13.8. The van der Waals surface area contributed by atoms with Gasteiger partial charge in [0.2, 0.25) is 0 Å². The number of hydrogen-bond acceptors (Lipinski definition) is 3. The number of hydrogen-bond donors (Lipinski definition) is 3. The lowest BCUT2D eigenvalue weighted by Crippen LogP contribution is -2.33. The molecule has 0 spiro atoms. The highest BCUT2D eigenvalue weighted by Gasteiger charge is 2.15. The second kappa shape index (κ2) is 6.52. The van der Waals surface area contributed by atoms with E-state index in [0.717, 1.165) is 25.6 Å². The SMILES string of the molecule is O=C(NCCC1CCCNC1)c1ccc(O)cc1F. The highest BCUT2D eigenvalue weighted by molar-refractivity contribution is 5.94. The molecule has 2 rings (SSSR count). The van der Waals surface area contributed by atoms with Crippen molar-refractivity contribution in [2.24, 2.45) is 5.92 Å². The average Bonchev–Trinajstić information content (AvgIpc) is 2.39. The summed E-state index contributed by atoms with van der Waals surface area (Å²) >= 11 is 0. The fraction of sp³-hybridized carbons (Fsp3) is 0.500. The quantitative estimate of drug-likeness (QED) is 0.776. The van der Waals surface area contributed by atoms with Crippen molar-refractivity contribution < 1.29 is 14.3 Å². The number of amides is 1. The molecule has 1 saturated heterocycles. The van der Waals surface area contributed by atoms with E-state index in [9.17, 15) is 9.18 Å². The Hall–Kier alpha value is -1.62. The van der Waals surface area contributed by atoms with Crippen LogP contribution in [0.15, 0.2) is 18.2 Å². The van der Waals surface area contributed by atoms with Crippen LogP contribution < -0.4 is 10.6 Å². The van der Waals surface area contributed by atoms with E-state index in [1.165, 1.54) is 25.0 Å². The van der Waals surface area contributed by atoms with Crippen LogP contribution in [0.1, 0.15) is 29.6 Å². The first-order chi connectivity index (χ1) is 9.16. The molecular formula is C14H19FN2O2. The molecule has 0 saturated carbocycles. The largest absolute Gasteiger partial charge is 0.508 e. The molecule has 4 nitrogen and oxygen atoms in total. The van der Waals surface area contributed by atoms with Crippen LogP contribution in [-0.4, -0.2) is 30.6 Å². The van der Waals surface area contributed by atoms with Crippen molar-refractivity contribution in [2.75, 3.05) is 19.6 Å². The number of benzene rings is 1.